The average molecular weight is 235 g/mol. The Labute approximate surface area is 99.5 Å². The lowest BCUT2D eigenvalue weighted by atomic mass is 10.0. The van der Waals surface area contributed by atoms with Crippen LogP contribution in [0.3, 0.4) is 0 Å². The van der Waals surface area contributed by atoms with E-state index in [9.17, 15) is 14.0 Å². The summed E-state index contributed by atoms with van der Waals surface area (Å²) in [6, 6.07) is 5.12. The maximum Gasteiger partial charge on any atom is 0.198 e. The molecule has 1 rings (SSSR count). The van der Waals surface area contributed by atoms with Crippen LogP contribution in [0, 0.1) is 5.82 Å². The van der Waals surface area contributed by atoms with Gasteiger partial charge in [0.1, 0.15) is 5.82 Å². The molecule has 17 heavy (non-hydrogen) atoms. The van der Waals surface area contributed by atoms with Crippen LogP contribution in [0.25, 0.3) is 0 Å². The molecule has 0 N–H and O–H groups in total. The van der Waals surface area contributed by atoms with E-state index in [2.05, 4.69) is 0 Å². The van der Waals surface area contributed by atoms with E-state index in [-0.39, 0.29) is 11.4 Å². The summed E-state index contributed by atoms with van der Waals surface area (Å²) in [5.41, 5.74) is 0.385. The van der Waals surface area contributed by atoms with E-state index in [0.717, 1.165) is 0 Å². The van der Waals surface area contributed by atoms with Crippen LogP contribution in [-0.2, 0) is 4.79 Å². The SMILES string of the molecule is CC(=O)C(=CN(C)C)C(=O)c1ccc(F)cc1. The number of carbonyl (C=O) groups excluding carboxylic acids is 2. The molecule has 0 heterocycles. The Hall–Kier alpha value is -1.97. The van der Waals surface area contributed by atoms with Crippen LogP contribution in [0.15, 0.2) is 36.0 Å². The summed E-state index contributed by atoms with van der Waals surface area (Å²) >= 11 is 0. The molecular weight excluding hydrogens is 221 g/mol. The highest BCUT2D eigenvalue weighted by molar-refractivity contribution is 6.25. The summed E-state index contributed by atoms with van der Waals surface area (Å²) in [5.74, 6) is -1.12. The van der Waals surface area contributed by atoms with Gasteiger partial charge in [-0.25, -0.2) is 4.39 Å². The average Bonchev–Trinajstić information content (AvgIpc) is 2.25. The molecule has 0 bridgehead atoms. The first-order chi connectivity index (χ1) is 7.91. The summed E-state index contributed by atoms with van der Waals surface area (Å²) in [7, 11) is 3.45. The van der Waals surface area contributed by atoms with E-state index in [1.54, 1.807) is 19.0 Å². The van der Waals surface area contributed by atoms with E-state index in [1.807, 2.05) is 0 Å². The number of halogens is 1. The predicted octanol–water partition coefficient (Wildman–Crippen LogP) is 2.04. The Balaban J connectivity index is 3.09. The van der Waals surface area contributed by atoms with Crippen molar-refractivity contribution in [3.63, 3.8) is 0 Å². The van der Waals surface area contributed by atoms with E-state index >= 15 is 0 Å². The highest BCUT2D eigenvalue weighted by Gasteiger charge is 2.16. The number of benzene rings is 1. The molecule has 0 saturated heterocycles. The Bertz CT molecular complexity index is 461. The van der Waals surface area contributed by atoms with E-state index in [0.29, 0.717) is 5.56 Å². The van der Waals surface area contributed by atoms with Gasteiger partial charge in [-0.2, -0.15) is 0 Å². The summed E-state index contributed by atoms with van der Waals surface area (Å²) < 4.78 is 12.7. The van der Waals surface area contributed by atoms with Crippen LogP contribution in [0.5, 0.6) is 0 Å². The van der Waals surface area contributed by atoms with Crippen molar-refractivity contribution in [3.8, 4) is 0 Å². The van der Waals surface area contributed by atoms with Crippen LogP contribution in [0.4, 0.5) is 4.39 Å². The zero-order chi connectivity index (χ0) is 13.0. The molecule has 1 aromatic rings. The zero-order valence-electron chi connectivity index (χ0n) is 10.0. The second kappa shape index (κ2) is 5.39. The maximum absolute atomic E-state index is 12.7. The van der Waals surface area contributed by atoms with Gasteiger partial charge in [-0.3, -0.25) is 9.59 Å². The van der Waals surface area contributed by atoms with Crippen molar-refractivity contribution in [2.45, 2.75) is 6.92 Å². The van der Waals surface area contributed by atoms with Gasteiger partial charge in [0.05, 0.1) is 5.57 Å². The van der Waals surface area contributed by atoms with Gasteiger partial charge in [0, 0.05) is 25.9 Å². The van der Waals surface area contributed by atoms with Gasteiger partial charge in [0.25, 0.3) is 0 Å². The second-order valence-electron chi connectivity index (χ2n) is 3.90. The molecule has 3 nitrogen and oxygen atoms in total. The number of rotatable bonds is 4. The molecule has 0 amide bonds. The Morgan fingerprint density at radius 1 is 1.18 bits per heavy atom. The van der Waals surface area contributed by atoms with Crippen molar-refractivity contribution >= 4 is 11.6 Å². The summed E-state index contributed by atoms with van der Waals surface area (Å²) in [4.78, 5) is 25.0. The molecule has 0 saturated carbocycles. The predicted molar refractivity (Wildman–Crippen MR) is 63.2 cm³/mol. The largest absolute Gasteiger partial charge is 0.383 e. The molecule has 0 aliphatic carbocycles. The summed E-state index contributed by atoms with van der Waals surface area (Å²) in [6.45, 7) is 1.33. The lowest BCUT2D eigenvalue weighted by molar-refractivity contribution is -0.113. The minimum absolute atomic E-state index is 0.0848. The minimum atomic E-state index is -0.414. The van der Waals surface area contributed by atoms with Gasteiger partial charge in [0.15, 0.2) is 11.6 Å². The molecule has 4 heteroatoms. The number of ketones is 2. The number of Topliss-reactive ketones (excluding diaryl/α,β-unsaturated/α-hetero) is 2. The molecule has 0 unspecified atom stereocenters. The first kappa shape index (κ1) is 13.1. The van der Waals surface area contributed by atoms with Crippen molar-refractivity contribution < 1.29 is 14.0 Å². The van der Waals surface area contributed by atoms with E-state index in [4.69, 9.17) is 0 Å². The Morgan fingerprint density at radius 3 is 2.12 bits per heavy atom. The van der Waals surface area contributed by atoms with Crippen LogP contribution in [0.2, 0.25) is 0 Å². The van der Waals surface area contributed by atoms with Gasteiger partial charge < -0.3 is 4.90 Å². The van der Waals surface area contributed by atoms with Crippen molar-refractivity contribution in [1.29, 1.82) is 0 Å². The van der Waals surface area contributed by atoms with Crippen molar-refractivity contribution in [2.24, 2.45) is 0 Å². The number of allylic oxidation sites excluding steroid dienone is 1. The summed E-state index contributed by atoms with van der Waals surface area (Å²) in [5, 5.41) is 0. The lowest BCUT2D eigenvalue weighted by Gasteiger charge is -2.08. The van der Waals surface area contributed by atoms with Crippen LogP contribution < -0.4 is 0 Å². The van der Waals surface area contributed by atoms with E-state index < -0.39 is 11.6 Å². The van der Waals surface area contributed by atoms with Gasteiger partial charge in [-0.15, -0.1) is 0 Å². The highest BCUT2D eigenvalue weighted by atomic mass is 19.1. The normalized spacial score (nSPS) is 11.2. The van der Waals surface area contributed by atoms with Gasteiger partial charge >= 0.3 is 0 Å². The molecule has 90 valence electrons. The standard InChI is InChI=1S/C13H14FNO2/c1-9(16)12(8-15(2)3)13(17)10-4-6-11(14)7-5-10/h4-8H,1-3H3. The van der Waals surface area contributed by atoms with E-state index in [1.165, 1.54) is 37.4 Å². The molecule has 0 aliphatic heterocycles. The third kappa shape index (κ3) is 3.52. The zero-order valence-corrected chi connectivity index (χ0v) is 10.0. The summed E-state index contributed by atoms with van der Waals surface area (Å²) in [6.07, 6.45) is 1.47. The fourth-order valence-electron chi connectivity index (χ4n) is 1.32. The number of hydrogen-bond donors (Lipinski definition) is 0. The molecule has 0 aromatic heterocycles. The molecule has 0 fully saturated rings. The van der Waals surface area contributed by atoms with Crippen molar-refractivity contribution in [2.75, 3.05) is 14.1 Å². The maximum atomic E-state index is 12.7. The minimum Gasteiger partial charge on any atom is -0.383 e. The Morgan fingerprint density at radius 2 is 1.71 bits per heavy atom. The van der Waals surface area contributed by atoms with Gasteiger partial charge in [-0.05, 0) is 31.2 Å². The molecule has 0 spiro atoms. The monoisotopic (exact) mass is 235 g/mol. The fraction of sp³-hybridized carbons (Fsp3) is 0.231. The van der Waals surface area contributed by atoms with Crippen LogP contribution in [0.1, 0.15) is 17.3 Å². The first-order valence-electron chi connectivity index (χ1n) is 5.11. The van der Waals surface area contributed by atoms with Crippen LogP contribution in [-0.4, -0.2) is 30.6 Å². The van der Waals surface area contributed by atoms with Crippen LogP contribution >= 0.6 is 0 Å². The number of nitrogens with zero attached hydrogens (tertiary/aromatic N) is 1. The molecule has 1 aromatic carbocycles. The third-order valence-corrected chi connectivity index (χ3v) is 2.12. The first-order valence-corrected chi connectivity index (χ1v) is 5.11. The number of hydrogen-bond acceptors (Lipinski definition) is 3. The molecular formula is C13H14FNO2. The number of carbonyl (C=O) groups is 2. The van der Waals surface area contributed by atoms with Gasteiger partial charge in [-0.1, -0.05) is 0 Å². The molecule has 0 radical (unpaired) electrons. The fourth-order valence-corrected chi connectivity index (χ4v) is 1.32. The highest BCUT2D eigenvalue weighted by Crippen LogP contribution is 2.11. The van der Waals surface area contributed by atoms with Crippen molar-refractivity contribution in [1.82, 2.24) is 4.90 Å². The topological polar surface area (TPSA) is 37.4 Å². The third-order valence-electron chi connectivity index (χ3n) is 2.12. The Kier molecular flexibility index (Phi) is 4.15. The molecule has 0 aliphatic rings. The molecule has 0 atom stereocenters. The van der Waals surface area contributed by atoms with Gasteiger partial charge in [0.2, 0.25) is 0 Å². The van der Waals surface area contributed by atoms with Crippen molar-refractivity contribution in [3.05, 3.63) is 47.4 Å². The smallest absolute Gasteiger partial charge is 0.198 e. The second-order valence-corrected chi connectivity index (χ2v) is 3.90. The quantitative estimate of drug-likeness (QED) is 0.347. The lowest BCUT2D eigenvalue weighted by Crippen LogP contribution is -2.15.